The molecule has 1 aliphatic heterocycles. The number of aliphatic hydroxyl groups excluding tert-OH is 1. The van der Waals surface area contributed by atoms with Crippen molar-refractivity contribution >= 4 is 12.0 Å². The minimum absolute atomic E-state index is 0.0229. The first kappa shape index (κ1) is 29.0. The number of rotatable bonds is 5. The molecule has 0 aromatic rings. The maximum atomic E-state index is 13.1. The van der Waals surface area contributed by atoms with Crippen LogP contribution in [-0.2, 0) is 9.53 Å². The molecular weight excluding hydrogens is 488 g/mol. The first-order chi connectivity index (χ1) is 18.3. The summed E-state index contributed by atoms with van der Waals surface area (Å²) >= 11 is 0. The van der Waals surface area contributed by atoms with E-state index in [1.165, 1.54) is 32.1 Å². The average Bonchev–Trinajstić information content (AvgIpc) is 3.45. The van der Waals surface area contributed by atoms with Crippen LogP contribution < -0.4 is 5.32 Å². The van der Waals surface area contributed by atoms with Gasteiger partial charge in [0.05, 0.1) is 12.1 Å². The van der Waals surface area contributed by atoms with E-state index in [2.05, 4.69) is 32.2 Å². The average molecular weight is 543 g/mol. The van der Waals surface area contributed by atoms with Gasteiger partial charge in [0.25, 0.3) is 0 Å². The molecule has 0 radical (unpaired) electrons. The second kappa shape index (κ2) is 10.7. The smallest absolute Gasteiger partial charge is 0.407 e. The Kier molecular flexibility index (Phi) is 7.93. The molecule has 3 saturated carbocycles. The molecule has 0 aromatic heterocycles. The summed E-state index contributed by atoms with van der Waals surface area (Å²) < 4.78 is 5.39. The van der Waals surface area contributed by atoms with Crippen molar-refractivity contribution in [1.82, 2.24) is 10.2 Å². The van der Waals surface area contributed by atoms with Crippen LogP contribution in [0, 0.1) is 40.4 Å². The van der Waals surface area contributed by atoms with E-state index >= 15 is 0 Å². The quantitative estimate of drug-likeness (QED) is 0.390. The molecular formula is C33H54N2O4. The SMILES string of the molecule is C[C@H](CCC(=O)N1CC[C@H](NC(=O)OC(C)(C)C)C1)[C@H]1CC[C@H]2[C@@H]3CC=C4C[C@@H](O)CC[C@]4(C)[C@H]3CC[C@]12C. The lowest BCUT2D eigenvalue weighted by atomic mass is 9.47. The minimum Gasteiger partial charge on any atom is -0.444 e. The highest BCUT2D eigenvalue weighted by molar-refractivity contribution is 5.76. The fraction of sp³-hybridized carbons (Fsp3) is 0.879. The monoisotopic (exact) mass is 542 g/mol. The van der Waals surface area contributed by atoms with Crippen molar-refractivity contribution in [2.75, 3.05) is 13.1 Å². The molecule has 6 nitrogen and oxygen atoms in total. The highest BCUT2D eigenvalue weighted by Crippen LogP contribution is 2.67. The van der Waals surface area contributed by atoms with E-state index in [-0.39, 0.29) is 18.1 Å². The number of hydrogen-bond donors (Lipinski definition) is 2. The third-order valence-electron chi connectivity index (χ3n) is 11.9. The molecule has 0 spiro atoms. The number of allylic oxidation sites excluding steroid dienone is 1. The molecule has 0 bridgehead atoms. The molecule has 1 heterocycles. The van der Waals surface area contributed by atoms with Gasteiger partial charge in [0.1, 0.15) is 5.60 Å². The number of nitrogens with one attached hydrogen (secondary N) is 1. The van der Waals surface area contributed by atoms with Crippen molar-refractivity contribution in [1.29, 1.82) is 0 Å². The van der Waals surface area contributed by atoms with Crippen molar-refractivity contribution in [2.45, 2.75) is 130 Å². The van der Waals surface area contributed by atoms with Crippen LogP contribution in [0.5, 0.6) is 0 Å². The van der Waals surface area contributed by atoms with Crippen molar-refractivity contribution in [2.24, 2.45) is 40.4 Å². The maximum absolute atomic E-state index is 13.1. The lowest BCUT2D eigenvalue weighted by Crippen LogP contribution is -2.50. The normalized spacial score (nSPS) is 40.7. The standard InChI is InChI=1S/C33H54N2O4/c1-21(7-12-29(37)35-18-15-23(20-35)34-30(38)39-31(2,3)4)26-10-11-27-25-9-8-22-19-24(36)13-16-32(22,5)28(25)14-17-33(26,27)6/h8,21,23-28,36H,7,9-20H2,1-6H3,(H,34,38)/t21-,23+,24+,25+,26-,27+,28+,32+,33-/m1/s1. The van der Waals surface area contributed by atoms with Crippen LogP contribution in [0.3, 0.4) is 0 Å². The van der Waals surface area contributed by atoms with Crippen molar-refractivity contribution in [3.05, 3.63) is 11.6 Å². The molecule has 2 N–H and O–H groups in total. The van der Waals surface area contributed by atoms with Crippen LogP contribution in [0.15, 0.2) is 11.6 Å². The van der Waals surface area contributed by atoms with Crippen LogP contribution in [-0.4, -0.2) is 52.8 Å². The molecule has 4 fully saturated rings. The maximum Gasteiger partial charge on any atom is 0.407 e. The van der Waals surface area contributed by atoms with Crippen LogP contribution in [0.2, 0.25) is 0 Å². The number of hydrogen-bond acceptors (Lipinski definition) is 4. The molecule has 0 unspecified atom stereocenters. The first-order valence-corrected chi connectivity index (χ1v) is 15.9. The highest BCUT2D eigenvalue weighted by atomic mass is 16.6. The number of nitrogens with zero attached hydrogens (tertiary/aromatic N) is 1. The van der Waals surface area contributed by atoms with Crippen LogP contribution in [0.4, 0.5) is 4.79 Å². The Balaban J connectivity index is 1.14. The van der Waals surface area contributed by atoms with E-state index in [1.54, 1.807) is 5.57 Å². The number of ether oxygens (including phenoxy) is 1. The van der Waals surface area contributed by atoms with E-state index in [9.17, 15) is 14.7 Å². The predicted octanol–water partition coefficient (Wildman–Crippen LogP) is 6.47. The van der Waals surface area contributed by atoms with Gasteiger partial charge in [-0.05, 0) is 125 Å². The summed E-state index contributed by atoms with van der Waals surface area (Å²) in [5.74, 6) is 3.83. The van der Waals surface area contributed by atoms with Gasteiger partial charge in [-0.15, -0.1) is 0 Å². The third-order valence-corrected chi connectivity index (χ3v) is 11.9. The zero-order valence-corrected chi connectivity index (χ0v) is 25.4. The van der Waals surface area contributed by atoms with Gasteiger partial charge in [0.15, 0.2) is 0 Å². The molecule has 220 valence electrons. The number of amides is 2. The fourth-order valence-electron chi connectivity index (χ4n) is 9.91. The second-order valence-electron chi connectivity index (χ2n) is 15.4. The molecule has 0 aromatic carbocycles. The van der Waals surface area contributed by atoms with Crippen LogP contribution >= 0.6 is 0 Å². The van der Waals surface area contributed by atoms with Gasteiger partial charge in [-0.25, -0.2) is 4.79 Å². The molecule has 6 heteroatoms. The van der Waals surface area contributed by atoms with Crippen LogP contribution in [0.1, 0.15) is 112 Å². The van der Waals surface area contributed by atoms with Crippen molar-refractivity contribution in [3.63, 3.8) is 0 Å². The summed E-state index contributed by atoms with van der Waals surface area (Å²) in [5.41, 5.74) is 1.72. The van der Waals surface area contributed by atoms with E-state index in [1.807, 2.05) is 25.7 Å². The third kappa shape index (κ3) is 5.65. The summed E-state index contributed by atoms with van der Waals surface area (Å²) in [4.78, 5) is 27.2. The topological polar surface area (TPSA) is 78.9 Å². The lowest BCUT2D eigenvalue weighted by molar-refractivity contribution is -0.130. The number of likely N-dealkylation sites (tertiary alicyclic amines) is 1. The number of alkyl carbamates (subject to hydrolysis) is 1. The minimum atomic E-state index is -0.516. The Morgan fingerprint density at radius 3 is 2.64 bits per heavy atom. The summed E-state index contributed by atoms with van der Waals surface area (Å²) in [7, 11) is 0. The first-order valence-electron chi connectivity index (χ1n) is 15.9. The fourth-order valence-corrected chi connectivity index (χ4v) is 9.91. The van der Waals surface area contributed by atoms with E-state index in [4.69, 9.17) is 4.74 Å². The number of carbonyl (C=O) groups excluding carboxylic acids is 2. The lowest BCUT2D eigenvalue weighted by Gasteiger charge is -2.58. The summed E-state index contributed by atoms with van der Waals surface area (Å²) in [6.45, 7) is 14.4. The van der Waals surface area contributed by atoms with Gasteiger partial charge in [-0.2, -0.15) is 0 Å². The van der Waals surface area contributed by atoms with Crippen molar-refractivity contribution < 1.29 is 19.4 Å². The Morgan fingerprint density at radius 1 is 1.13 bits per heavy atom. The Morgan fingerprint density at radius 2 is 1.90 bits per heavy atom. The zero-order chi connectivity index (χ0) is 28.2. The number of fused-ring (bicyclic) bond motifs is 5. The summed E-state index contributed by atoms with van der Waals surface area (Å²) in [5, 5.41) is 13.2. The van der Waals surface area contributed by atoms with Gasteiger partial charge >= 0.3 is 6.09 Å². The zero-order valence-electron chi connectivity index (χ0n) is 25.4. The summed E-state index contributed by atoms with van der Waals surface area (Å²) in [6, 6.07) is -0.0229. The van der Waals surface area contributed by atoms with Gasteiger partial charge < -0.3 is 20.1 Å². The Labute approximate surface area is 236 Å². The largest absolute Gasteiger partial charge is 0.444 e. The molecule has 39 heavy (non-hydrogen) atoms. The van der Waals surface area contributed by atoms with Crippen molar-refractivity contribution in [3.8, 4) is 0 Å². The molecule has 9 atom stereocenters. The van der Waals surface area contributed by atoms with Gasteiger partial charge in [0.2, 0.25) is 5.91 Å². The predicted molar refractivity (Wildman–Crippen MR) is 154 cm³/mol. The molecule has 5 aliphatic rings. The summed E-state index contributed by atoms with van der Waals surface area (Å²) in [6.07, 6.45) is 13.8. The molecule has 2 amide bonds. The molecule has 4 aliphatic carbocycles. The molecule has 1 saturated heterocycles. The highest BCUT2D eigenvalue weighted by Gasteiger charge is 2.59. The van der Waals surface area contributed by atoms with Gasteiger partial charge in [0, 0.05) is 19.5 Å². The van der Waals surface area contributed by atoms with Gasteiger partial charge in [-0.3, -0.25) is 4.79 Å². The van der Waals surface area contributed by atoms with Crippen LogP contribution in [0.25, 0.3) is 0 Å². The Bertz CT molecular complexity index is 971. The number of aliphatic hydroxyl groups is 1. The van der Waals surface area contributed by atoms with E-state index < -0.39 is 11.7 Å². The molecule has 5 rings (SSSR count). The second-order valence-corrected chi connectivity index (χ2v) is 15.4. The van der Waals surface area contributed by atoms with E-state index in [0.717, 1.165) is 49.9 Å². The Hall–Kier alpha value is -1.56. The van der Waals surface area contributed by atoms with Gasteiger partial charge in [-0.1, -0.05) is 32.4 Å². The number of carbonyl (C=O) groups is 2. The van der Waals surface area contributed by atoms with E-state index in [0.29, 0.717) is 42.2 Å².